The summed E-state index contributed by atoms with van der Waals surface area (Å²) in [6.45, 7) is 11.1. The Morgan fingerprint density at radius 1 is 1.07 bits per heavy atom. The molecule has 1 heterocycles. The van der Waals surface area contributed by atoms with Crippen molar-refractivity contribution in [3.63, 3.8) is 0 Å². The van der Waals surface area contributed by atoms with Crippen molar-refractivity contribution in [2.24, 2.45) is 0 Å². The Morgan fingerprint density at radius 3 is 2.52 bits per heavy atom. The first-order valence-electron chi connectivity index (χ1n) is 9.89. The summed E-state index contributed by atoms with van der Waals surface area (Å²) in [5, 5.41) is 12.6. The van der Waals surface area contributed by atoms with Crippen molar-refractivity contribution >= 4 is 17.7 Å². The first kappa shape index (κ1) is 21.1. The Balaban J connectivity index is 1.66. The summed E-state index contributed by atoms with van der Waals surface area (Å²) in [5.74, 6) is 1.14. The Hall–Kier alpha value is -2.60. The van der Waals surface area contributed by atoms with Crippen molar-refractivity contribution < 1.29 is 4.79 Å². The van der Waals surface area contributed by atoms with Crippen LogP contribution in [0.3, 0.4) is 0 Å². The molecule has 0 bridgehead atoms. The molecule has 152 valence electrons. The lowest BCUT2D eigenvalue weighted by molar-refractivity contribution is -0.119. The maximum atomic E-state index is 12.5. The zero-order chi connectivity index (χ0) is 21.0. The molecule has 0 fully saturated rings. The molecule has 0 aliphatic heterocycles. The van der Waals surface area contributed by atoms with Gasteiger partial charge in [0.1, 0.15) is 0 Å². The van der Waals surface area contributed by atoms with Crippen molar-refractivity contribution in [2.45, 2.75) is 52.4 Å². The third kappa shape index (κ3) is 4.88. The summed E-state index contributed by atoms with van der Waals surface area (Å²) in [4.78, 5) is 12.5. The van der Waals surface area contributed by atoms with Crippen LogP contribution < -0.4 is 5.32 Å². The van der Waals surface area contributed by atoms with Gasteiger partial charge in [-0.15, -0.1) is 10.2 Å². The van der Waals surface area contributed by atoms with Gasteiger partial charge in [-0.25, -0.2) is 0 Å². The second kappa shape index (κ2) is 9.27. The molecule has 29 heavy (non-hydrogen) atoms. The van der Waals surface area contributed by atoms with Crippen LogP contribution in [-0.4, -0.2) is 26.4 Å². The summed E-state index contributed by atoms with van der Waals surface area (Å²) < 4.78 is 2.06. The number of nitrogens with one attached hydrogen (secondary N) is 1. The number of carbonyl (C=O) groups is 1. The molecule has 0 unspecified atom stereocenters. The molecule has 3 rings (SSSR count). The predicted molar refractivity (Wildman–Crippen MR) is 119 cm³/mol. The van der Waals surface area contributed by atoms with Crippen LogP contribution in [-0.2, 0) is 11.3 Å². The minimum Gasteiger partial charge on any atom is -0.349 e. The van der Waals surface area contributed by atoms with E-state index in [-0.39, 0.29) is 11.9 Å². The van der Waals surface area contributed by atoms with Gasteiger partial charge in [0, 0.05) is 12.1 Å². The average Bonchev–Trinajstić information content (AvgIpc) is 3.11. The van der Waals surface area contributed by atoms with Crippen LogP contribution in [0, 0.1) is 20.8 Å². The van der Waals surface area contributed by atoms with Crippen LogP contribution in [0.25, 0.3) is 11.4 Å². The Bertz CT molecular complexity index is 1010. The third-order valence-electron chi connectivity index (χ3n) is 5.16. The lowest BCUT2D eigenvalue weighted by Gasteiger charge is -2.15. The molecule has 0 radical (unpaired) electrons. The second-order valence-electron chi connectivity index (χ2n) is 7.29. The highest BCUT2D eigenvalue weighted by Crippen LogP contribution is 2.26. The zero-order valence-electron chi connectivity index (χ0n) is 17.7. The molecule has 2 aromatic carbocycles. The summed E-state index contributed by atoms with van der Waals surface area (Å²) in [6.07, 6.45) is 0. The van der Waals surface area contributed by atoms with Gasteiger partial charge in [-0.3, -0.25) is 4.79 Å². The van der Waals surface area contributed by atoms with E-state index < -0.39 is 0 Å². The van der Waals surface area contributed by atoms with Gasteiger partial charge in [-0.1, -0.05) is 54.2 Å². The zero-order valence-corrected chi connectivity index (χ0v) is 18.5. The normalized spacial score (nSPS) is 12.0. The van der Waals surface area contributed by atoms with Gasteiger partial charge in [0.05, 0.1) is 11.8 Å². The van der Waals surface area contributed by atoms with Gasteiger partial charge in [0.15, 0.2) is 11.0 Å². The van der Waals surface area contributed by atoms with E-state index in [0.717, 1.165) is 34.2 Å². The van der Waals surface area contributed by atoms with E-state index in [2.05, 4.69) is 78.1 Å². The van der Waals surface area contributed by atoms with E-state index in [0.29, 0.717) is 5.75 Å². The molecule has 1 atom stereocenters. The highest BCUT2D eigenvalue weighted by molar-refractivity contribution is 7.99. The molecule has 6 heteroatoms. The quantitative estimate of drug-likeness (QED) is 0.567. The molecule has 1 aromatic heterocycles. The number of amides is 1. The van der Waals surface area contributed by atoms with Crippen molar-refractivity contribution in [2.75, 3.05) is 5.75 Å². The Morgan fingerprint density at radius 2 is 1.83 bits per heavy atom. The van der Waals surface area contributed by atoms with Crippen LogP contribution in [0.15, 0.2) is 47.6 Å². The van der Waals surface area contributed by atoms with E-state index in [9.17, 15) is 4.79 Å². The molecule has 0 aliphatic rings. The van der Waals surface area contributed by atoms with Crippen LogP contribution >= 0.6 is 11.8 Å². The summed E-state index contributed by atoms with van der Waals surface area (Å²) in [6, 6.07) is 14.4. The van der Waals surface area contributed by atoms with E-state index in [1.165, 1.54) is 22.9 Å². The largest absolute Gasteiger partial charge is 0.349 e. The number of hydrogen-bond donors (Lipinski definition) is 1. The topological polar surface area (TPSA) is 59.8 Å². The van der Waals surface area contributed by atoms with Gasteiger partial charge in [0.25, 0.3) is 0 Å². The maximum absolute atomic E-state index is 12.5. The standard InChI is InChI=1S/C23H28N4OS/c1-6-27-22(20-10-8-7-9-16(20)3)25-26-23(27)29-14-21(28)24-18(5)19-12-11-15(2)17(4)13-19/h7-13,18H,6,14H2,1-5H3,(H,24,28)/t18-/m0/s1. The summed E-state index contributed by atoms with van der Waals surface area (Å²) in [5.41, 5.74) is 5.83. The Kier molecular flexibility index (Phi) is 6.75. The van der Waals surface area contributed by atoms with Crippen LogP contribution in [0.4, 0.5) is 0 Å². The van der Waals surface area contributed by atoms with Crippen molar-refractivity contribution in [3.05, 3.63) is 64.7 Å². The number of nitrogens with zero attached hydrogens (tertiary/aromatic N) is 3. The fraction of sp³-hybridized carbons (Fsp3) is 0.348. The van der Waals surface area contributed by atoms with E-state index in [1.54, 1.807) is 0 Å². The van der Waals surface area contributed by atoms with Crippen molar-refractivity contribution in [3.8, 4) is 11.4 Å². The number of carbonyl (C=O) groups excluding carboxylic acids is 1. The molecule has 5 nitrogen and oxygen atoms in total. The molecule has 1 N–H and O–H groups in total. The minimum atomic E-state index is -0.0334. The first-order valence-corrected chi connectivity index (χ1v) is 10.9. The Labute approximate surface area is 176 Å². The molecule has 0 saturated heterocycles. The van der Waals surface area contributed by atoms with E-state index >= 15 is 0 Å². The highest BCUT2D eigenvalue weighted by atomic mass is 32.2. The molecule has 0 saturated carbocycles. The predicted octanol–water partition coefficient (Wildman–Crippen LogP) is 4.86. The average molecular weight is 409 g/mol. The van der Waals surface area contributed by atoms with Gasteiger partial charge >= 0.3 is 0 Å². The van der Waals surface area contributed by atoms with Gasteiger partial charge in [-0.05, 0) is 56.9 Å². The fourth-order valence-corrected chi connectivity index (χ4v) is 4.05. The molecular weight excluding hydrogens is 380 g/mol. The maximum Gasteiger partial charge on any atom is 0.230 e. The molecule has 0 aliphatic carbocycles. The summed E-state index contributed by atoms with van der Waals surface area (Å²) >= 11 is 1.42. The van der Waals surface area contributed by atoms with E-state index in [4.69, 9.17) is 0 Å². The third-order valence-corrected chi connectivity index (χ3v) is 6.13. The molecule has 1 amide bonds. The highest BCUT2D eigenvalue weighted by Gasteiger charge is 2.17. The number of hydrogen-bond acceptors (Lipinski definition) is 4. The SMILES string of the molecule is CCn1c(SCC(=O)N[C@@H](C)c2ccc(C)c(C)c2)nnc1-c1ccccc1C. The molecule has 3 aromatic rings. The number of aryl methyl sites for hydroxylation is 3. The van der Waals surface area contributed by atoms with Crippen LogP contribution in [0.5, 0.6) is 0 Å². The number of rotatable bonds is 7. The lowest BCUT2D eigenvalue weighted by atomic mass is 10.0. The number of benzene rings is 2. The second-order valence-corrected chi connectivity index (χ2v) is 8.23. The van der Waals surface area contributed by atoms with E-state index in [1.807, 2.05) is 19.1 Å². The fourth-order valence-electron chi connectivity index (χ4n) is 3.23. The van der Waals surface area contributed by atoms with Gasteiger partial charge < -0.3 is 9.88 Å². The monoisotopic (exact) mass is 408 g/mol. The molecule has 0 spiro atoms. The van der Waals surface area contributed by atoms with Crippen molar-refractivity contribution in [1.82, 2.24) is 20.1 Å². The number of thioether (sulfide) groups is 1. The lowest BCUT2D eigenvalue weighted by Crippen LogP contribution is -2.28. The van der Waals surface area contributed by atoms with Gasteiger partial charge in [-0.2, -0.15) is 0 Å². The minimum absolute atomic E-state index is 0.0103. The van der Waals surface area contributed by atoms with Crippen LogP contribution in [0.2, 0.25) is 0 Å². The van der Waals surface area contributed by atoms with Crippen molar-refractivity contribution in [1.29, 1.82) is 0 Å². The number of aromatic nitrogens is 3. The smallest absolute Gasteiger partial charge is 0.230 e. The summed E-state index contributed by atoms with van der Waals surface area (Å²) in [7, 11) is 0. The molecular formula is C23H28N4OS. The van der Waals surface area contributed by atoms with Gasteiger partial charge in [0.2, 0.25) is 5.91 Å². The first-order chi connectivity index (χ1) is 13.9. The van der Waals surface area contributed by atoms with Crippen LogP contribution in [0.1, 0.15) is 42.1 Å².